The Morgan fingerprint density at radius 3 is 1.96 bits per heavy atom. The molecule has 0 saturated carbocycles. The fourth-order valence-corrected chi connectivity index (χ4v) is 2.25. The van der Waals surface area contributed by atoms with Crippen LogP contribution in [0.1, 0.15) is 25.0 Å². The molecule has 0 radical (unpaired) electrons. The summed E-state index contributed by atoms with van der Waals surface area (Å²) in [6, 6.07) is 9.37. The Balaban J connectivity index is 2.12. The number of carbonyl (C=O) groups excluding carboxylic acids is 2. The number of carbonyl (C=O) groups is 2. The van der Waals surface area contributed by atoms with E-state index in [2.05, 4.69) is 10.6 Å². The topological polar surface area (TPSA) is 58.2 Å². The van der Waals surface area contributed by atoms with Crippen LogP contribution >= 0.6 is 11.6 Å². The van der Waals surface area contributed by atoms with Gasteiger partial charge in [0.1, 0.15) is 11.2 Å². The van der Waals surface area contributed by atoms with E-state index in [1.807, 2.05) is 26.0 Å². The number of nitrogens with one attached hydrogen (secondary N) is 2. The van der Waals surface area contributed by atoms with E-state index in [9.17, 15) is 14.0 Å². The Morgan fingerprint density at radius 1 is 0.920 bits per heavy atom. The maximum atomic E-state index is 13.2. The first-order chi connectivity index (χ1) is 11.6. The van der Waals surface area contributed by atoms with Gasteiger partial charge in [-0.2, -0.15) is 0 Å². The van der Waals surface area contributed by atoms with Gasteiger partial charge in [-0.05, 0) is 69.2 Å². The highest BCUT2D eigenvalue weighted by atomic mass is 35.5. The van der Waals surface area contributed by atoms with Crippen LogP contribution < -0.4 is 10.6 Å². The largest absolute Gasteiger partial charge is 0.325 e. The van der Waals surface area contributed by atoms with Crippen molar-refractivity contribution in [3.63, 3.8) is 0 Å². The molecule has 0 atom stereocenters. The Morgan fingerprint density at radius 2 is 1.44 bits per heavy atom. The second kappa shape index (κ2) is 7.23. The third-order valence-electron chi connectivity index (χ3n) is 4.08. The number of aryl methyl sites for hydroxylation is 2. The number of rotatable bonds is 4. The fraction of sp³-hybridized carbons (Fsp3) is 0.263. The molecule has 0 saturated heterocycles. The third kappa shape index (κ3) is 4.37. The first-order valence-corrected chi connectivity index (χ1v) is 8.14. The van der Waals surface area contributed by atoms with Gasteiger partial charge in [0.15, 0.2) is 0 Å². The van der Waals surface area contributed by atoms with E-state index in [1.54, 1.807) is 6.07 Å². The van der Waals surface area contributed by atoms with Crippen molar-refractivity contribution in [1.82, 2.24) is 0 Å². The highest BCUT2D eigenvalue weighted by Crippen LogP contribution is 2.24. The average Bonchev–Trinajstić information content (AvgIpc) is 2.54. The summed E-state index contributed by atoms with van der Waals surface area (Å²) >= 11 is 5.70. The lowest BCUT2D eigenvalue weighted by Crippen LogP contribution is -2.41. The first-order valence-electron chi connectivity index (χ1n) is 7.76. The second-order valence-electron chi connectivity index (χ2n) is 6.46. The van der Waals surface area contributed by atoms with Gasteiger partial charge in [0, 0.05) is 11.4 Å². The quantitative estimate of drug-likeness (QED) is 0.774. The molecule has 0 aliphatic rings. The number of anilines is 2. The van der Waals surface area contributed by atoms with Gasteiger partial charge in [0.05, 0.1) is 5.02 Å². The van der Waals surface area contributed by atoms with Gasteiger partial charge >= 0.3 is 0 Å². The Kier molecular flexibility index (Phi) is 5.48. The van der Waals surface area contributed by atoms with Crippen LogP contribution in [0.4, 0.5) is 15.8 Å². The van der Waals surface area contributed by atoms with Crippen molar-refractivity contribution in [3.05, 3.63) is 58.4 Å². The molecule has 0 heterocycles. The number of hydrogen-bond donors (Lipinski definition) is 2. The van der Waals surface area contributed by atoms with Gasteiger partial charge in [-0.15, -0.1) is 0 Å². The molecule has 2 amide bonds. The molecule has 2 rings (SSSR count). The van der Waals surface area contributed by atoms with Gasteiger partial charge in [0.2, 0.25) is 11.8 Å². The monoisotopic (exact) mass is 362 g/mol. The van der Waals surface area contributed by atoms with Crippen molar-refractivity contribution in [3.8, 4) is 0 Å². The average molecular weight is 363 g/mol. The molecular weight excluding hydrogens is 343 g/mol. The molecule has 0 aromatic heterocycles. The number of benzene rings is 2. The summed E-state index contributed by atoms with van der Waals surface area (Å²) in [5.74, 6) is -1.54. The summed E-state index contributed by atoms with van der Waals surface area (Å²) in [6.45, 7) is 6.96. The summed E-state index contributed by atoms with van der Waals surface area (Å²) in [5.41, 5.74) is 1.77. The van der Waals surface area contributed by atoms with Gasteiger partial charge < -0.3 is 10.6 Å². The molecule has 132 valence electrons. The molecule has 0 aliphatic heterocycles. The zero-order chi connectivity index (χ0) is 18.8. The smallest absolute Gasteiger partial charge is 0.239 e. The molecule has 0 bridgehead atoms. The van der Waals surface area contributed by atoms with Gasteiger partial charge in [-0.25, -0.2) is 4.39 Å². The van der Waals surface area contributed by atoms with E-state index in [4.69, 9.17) is 11.6 Å². The molecule has 4 nitrogen and oxygen atoms in total. The molecule has 2 aromatic rings. The predicted octanol–water partition coefficient (Wildman–Crippen LogP) is 4.70. The summed E-state index contributed by atoms with van der Waals surface area (Å²) in [5, 5.41) is 5.24. The van der Waals surface area contributed by atoms with Crippen molar-refractivity contribution in [2.75, 3.05) is 10.6 Å². The van der Waals surface area contributed by atoms with Crippen molar-refractivity contribution >= 4 is 34.8 Å². The summed E-state index contributed by atoms with van der Waals surface area (Å²) in [4.78, 5) is 25.0. The van der Waals surface area contributed by atoms with Crippen molar-refractivity contribution < 1.29 is 14.0 Å². The van der Waals surface area contributed by atoms with Crippen molar-refractivity contribution in [1.29, 1.82) is 0 Å². The minimum atomic E-state index is -1.33. The van der Waals surface area contributed by atoms with Gasteiger partial charge in [-0.3, -0.25) is 9.59 Å². The van der Waals surface area contributed by atoms with Crippen LogP contribution in [0.2, 0.25) is 5.02 Å². The predicted molar refractivity (Wildman–Crippen MR) is 98.4 cm³/mol. The van der Waals surface area contributed by atoms with Crippen LogP contribution in [0.3, 0.4) is 0 Å². The molecule has 0 spiro atoms. The zero-order valence-corrected chi connectivity index (χ0v) is 15.3. The Labute approximate surface area is 151 Å². The normalized spacial score (nSPS) is 11.1. The fourth-order valence-electron chi connectivity index (χ4n) is 2.07. The third-order valence-corrected chi connectivity index (χ3v) is 4.37. The van der Waals surface area contributed by atoms with E-state index in [1.165, 1.54) is 26.0 Å². The van der Waals surface area contributed by atoms with Crippen LogP contribution in [-0.2, 0) is 9.59 Å². The van der Waals surface area contributed by atoms with E-state index < -0.39 is 23.0 Å². The lowest BCUT2D eigenvalue weighted by atomic mass is 9.90. The van der Waals surface area contributed by atoms with Gasteiger partial charge in [0.25, 0.3) is 0 Å². The Hall–Kier alpha value is -2.40. The highest BCUT2D eigenvalue weighted by molar-refractivity contribution is 6.31. The molecule has 6 heteroatoms. The van der Waals surface area contributed by atoms with E-state index in [-0.39, 0.29) is 5.02 Å². The van der Waals surface area contributed by atoms with E-state index in [0.29, 0.717) is 11.4 Å². The van der Waals surface area contributed by atoms with Crippen LogP contribution in [0.5, 0.6) is 0 Å². The van der Waals surface area contributed by atoms with Crippen molar-refractivity contribution in [2.45, 2.75) is 27.7 Å². The SMILES string of the molecule is Cc1ccc(NC(=O)C(C)(C)C(=O)Nc2ccc(F)c(Cl)c2)cc1C. The lowest BCUT2D eigenvalue weighted by Gasteiger charge is -2.23. The first kappa shape index (κ1) is 18.9. The van der Waals surface area contributed by atoms with Crippen molar-refractivity contribution in [2.24, 2.45) is 5.41 Å². The maximum absolute atomic E-state index is 13.2. The molecule has 0 aliphatic carbocycles. The molecule has 25 heavy (non-hydrogen) atoms. The van der Waals surface area contributed by atoms with Crippen LogP contribution in [-0.4, -0.2) is 11.8 Å². The van der Waals surface area contributed by atoms with Crippen LogP contribution in [0.25, 0.3) is 0 Å². The minimum Gasteiger partial charge on any atom is -0.325 e. The van der Waals surface area contributed by atoms with E-state index >= 15 is 0 Å². The van der Waals surface area contributed by atoms with Crippen LogP contribution in [0, 0.1) is 25.1 Å². The summed E-state index contributed by atoms with van der Waals surface area (Å²) in [7, 11) is 0. The minimum absolute atomic E-state index is 0.102. The molecule has 0 fully saturated rings. The van der Waals surface area contributed by atoms with Crippen LogP contribution in [0.15, 0.2) is 36.4 Å². The summed E-state index contributed by atoms with van der Waals surface area (Å²) < 4.78 is 13.2. The molecule has 2 aromatic carbocycles. The summed E-state index contributed by atoms with van der Waals surface area (Å²) in [6.07, 6.45) is 0. The molecular formula is C19H20ClFN2O2. The highest BCUT2D eigenvalue weighted by Gasteiger charge is 2.36. The second-order valence-corrected chi connectivity index (χ2v) is 6.87. The van der Waals surface area contributed by atoms with E-state index in [0.717, 1.165) is 17.2 Å². The lowest BCUT2D eigenvalue weighted by molar-refractivity contribution is -0.135. The molecule has 0 unspecified atom stereocenters. The maximum Gasteiger partial charge on any atom is 0.239 e. The van der Waals surface area contributed by atoms with Gasteiger partial charge in [-0.1, -0.05) is 17.7 Å². The zero-order valence-electron chi connectivity index (χ0n) is 14.5. The molecule has 2 N–H and O–H groups in total. The number of amides is 2. The standard InChI is InChI=1S/C19H20ClFN2O2/c1-11-5-6-13(9-12(11)2)22-17(24)19(3,4)18(25)23-14-7-8-16(21)15(20)10-14/h5-10H,1-4H3,(H,22,24)(H,23,25). The Bertz CT molecular complexity index is 767. The number of hydrogen-bond acceptors (Lipinski definition) is 2. The number of halogens is 2.